The Morgan fingerprint density at radius 2 is 1.95 bits per heavy atom. The molecule has 1 aromatic carbocycles. The molecule has 4 nitrogen and oxygen atoms in total. The highest BCUT2D eigenvalue weighted by Gasteiger charge is 2.11. The van der Waals surface area contributed by atoms with Gasteiger partial charge in [-0.05, 0) is 30.3 Å². The van der Waals surface area contributed by atoms with E-state index in [1.54, 1.807) is 36.8 Å². The van der Waals surface area contributed by atoms with Gasteiger partial charge in [-0.2, -0.15) is 0 Å². The van der Waals surface area contributed by atoms with Gasteiger partial charge >= 0.3 is 0 Å². The van der Waals surface area contributed by atoms with Gasteiger partial charge in [0.25, 0.3) is 0 Å². The summed E-state index contributed by atoms with van der Waals surface area (Å²) in [5.41, 5.74) is 0.729. The quantitative estimate of drug-likeness (QED) is 0.685. The van der Waals surface area contributed by atoms with E-state index < -0.39 is 0 Å². The Hall–Kier alpha value is -2.60. The van der Waals surface area contributed by atoms with Crippen LogP contribution in [0.3, 0.4) is 0 Å². The summed E-state index contributed by atoms with van der Waals surface area (Å²) in [4.78, 5) is 19.6. The van der Waals surface area contributed by atoms with Crippen LogP contribution in [0, 0.1) is 5.82 Å². The van der Waals surface area contributed by atoms with Crippen molar-refractivity contribution in [2.45, 2.75) is 0 Å². The Morgan fingerprint density at radius 1 is 1.14 bits per heavy atom. The maximum atomic E-state index is 12.9. The number of thiazole rings is 1. The first-order valence-corrected chi connectivity index (χ1v) is 6.87. The lowest BCUT2D eigenvalue weighted by Gasteiger charge is -2.09. The van der Waals surface area contributed by atoms with Gasteiger partial charge in [0.2, 0.25) is 0 Å². The molecule has 2 heterocycles. The Kier molecular flexibility index (Phi) is 3.70. The Bertz CT molecular complexity index is 771. The summed E-state index contributed by atoms with van der Waals surface area (Å²) in [5.74, 6) is 0.761. The molecule has 0 amide bonds. The summed E-state index contributed by atoms with van der Waals surface area (Å²) < 4.78 is 18.7. The molecule has 0 aliphatic rings. The smallest absolute Gasteiger partial charge is 0.178 e. The van der Waals surface area contributed by atoms with E-state index in [0.717, 1.165) is 10.4 Å². The highest BCUT2D eigenvalue weighted by molar-refractivity contribution is 7.16. The molecule has 104 valence electrons. The lowest BCUT2D eigenvalue weighted by molar-refractivity contribution is 0.112. The van der Waals surface area contributed by atoms with E-state index in [1.807, 2.05) is 0 Å². The minimum Gasteiger partial charge on any atom is -0.457 e. The molecule has 2 aromatic heterocycles. The molecule has 0 unspecified atom stereocenters. The van der Waals surface area contributed by atoms with Crippen molar-refractivity contribution in [2.24, 2.45) is 0 Å². The predicted octanol–water partition coefficient (Wildman–Crippen LogP) is 3.95. The third-order valence-electron chi connectivity index (χ3n) is 2.71. The van der Waals surface area contributed by atoms with Crippen LogP contribution in [0.15, 0.2) is 48.9 Å². The molecule has 0 aliphatic heterocycles. The van der Waals surface area contributed by atoms with Crippen molar-refractivity contribution in [1.29, 1.82) is 0 Å². The van der Waals surface area contributed by atoms with Crippen molar-refractivity contribution in [1.82, 2.24) is 9.97 Å². The Labute approximate surface area is 123 Å². The second kappa shape index (κ2) is 5.80. The molecule has 21 heavy (non-hydrogen) atoms. The number of nitrogens with zero attached hydrogens (tertiary/aromatic N) is 2. The van der Waals surface area contributed by atoms with E-state index in [2.05, 4.69) is 9.97 Å². The molecule has 0 atom stereocenters. The van der Waals surface area contributed by atoms with Gasteiger partial charge in [0.05, 0.1) is 10.4 Å². The molecule has 0 aliphatic carbocycles. The average Bonchev–Trinajstić information content (AvgIpc) is 2.99. The van der Waals surface area contributed by atoms with E-state index in [0.29, 0.717) is 22.8 Å². The van der Waals surface area contributed by atoms with Gasteiger partial charge < -0.3 is 4.74 Å². The van der Waals surface area contributed by atoms with E-state index in [-0.39, 0.29) is 5.82 Å². The minimum absolute atomic E-state index is 0.324. The second-order valence-electron chi connectivity index (χ2n) is 4.11. The molecule has 0 bridgehead atoms. The number of pyridine rings is 1. The minimum atomic E-state index is -0.324. The first-order valence-electron chi connectivity index (χ1n) is 6.05. The zero-order valence-electron chi connectivity index (χ0n) is 10.7. The highest BCUT2D eigenvalue weighted by Crippen LogP contribution is 2.35. The average molecular weight is 300 g/mol. The maximum absolute atomic E-state index is 12.9. The van der Waals surface area contributed by atoms with E-state index in [4.69, 9.17) is 4.74 Å². The fourth-order valence-electron chi connectivity index (χ4n) is 1.75. The standard InChI is InChI=1S/C15H9FN2O2S/c16-10-1-3-11(4-2-10)20-13-5-6-17-7-12(13)14-8-18-15(9-19)21-14/h1-9H. The lowest BCUT2D eigenvalue weighted by Crippen LogP contribution is -1.88. The molecule has 3 aromatic rings. The summed E-state index contributed by atoms with van der Waals surface area (Å²) in [6.45, 7) is 0. The van der Waals surface area contributed by atoms with Crippen LogP contribution in [0.25, 0.3) is 10.4 Å². The first-order chi connectivity index (χ1) is 10.3. The van der Waals surface area contributed by atoms with Crippen molar-refractivity contribution in [2.75, 3.05) is 0 Å². The van der Waals surface area contributed by atoms with Crippen LogP contribution in [0.4, 0.5) is 4.39 Å². The number of hydrogen-bond acceptors (Lipinski definition) is 5. The summed E-state index contributed by atoms with van der Waals surface area (Å²) in [5, 5.41) is 0.390. The number of halogens is 1. The van der Waals surface area contributed by atoms with Gasteiger partial charge in [0, 0.05) is 18.6 Å². The first kappa shape index (κ1) is 13.4. The second-order valence-corrected chi connectivity index (χ2v) is 5.17. The number of hydrogen-bond donors (Lipinski definition) is 0. The van der Waals surface area contributed by atoms with Crippen LogP contribution in [0.2, 0.25) is 0 Å². The number of carbonyl (C=O) groups is 1. The topological polar surface area (TPSA) is 52.1 Å². The monoisotopic (exact) mass is 300 g/mol. The fourth-order valence-corrected chi connectivity index (χ4v) is 2.50. The van der Waals surface area contributed by atoms with Gasteiger partial charge in [-0.25, -0.2) is 9.37 Å². The van der Waals surface area contributed by atoms with Crippen LogP contribution < -0.4 is 4.74 Å². The molecule has 6 heteroatoms. The van der Waals surface area contributed by atoms with Gasteiger partial charge in [-0.15, -0.1) is 11.3 Å². The number of ether oxygens (including phenoxy) is 1. The van der Waals surface area contributed by atoms with Crippen molar-refractivity contribution < 1.29 is 13.9 Å². The molecule has 0 radical (unpaired) electrons. The van der Waals surface area contributed by atoms with E-state index in [1.165, 1.54) is 23.5 Å². The lowest BCUT2D eigenvalue weighted by atomic mass is 10.2. The zero-order chi connectivity index (χ0) is 14.7. The zero-order valence-corrected chi connectivity index (χ0v) is 11.5. The normalized spacial score (nSPS) is 10.3. The van der Waals surface area contributed by atoms with E-state index >= 15 is 0 Å². The number of benzene rings is 1. The SMILES string of the molecule is O=Cc1ncc(-c2cnccc2Oc2ccc(F)cc2)s1. The molecule has 0 saturated carbocycles. The van der Waals surface area contributed by atoms with Gasteiger partial charge in [-0.1, -0.05) is 0 Å². The van der Waals surface area contributed by atoms with Crippen LogP contribution in [0.5, 0.6) is 11.5 Å². The van der Waals surface area contributed by atoms with E-state index in [9.17, 15) is 9.18 Å². The van der Waals surface area contributed by atoms with Crippen molar-refractivity contribution >= 4 is 17.6 Å². The Morgan fingerprint density at radius 3 is 2.67 bits per heavy atom. The number of carbonyl (C=O) groups excluding carboxylic acids is 1. The predicted molar refractivity (Wildman–Crippen MR) is 77.2 cm³/mol. The molecular formula is C15H9FN2O2S. The molecule has 0 spiro atoms. The van der Waals surface area contributed by atoms with Crippen LogP contribution in [0.1, 0.15) is 9.80 Å². The fraction of sp³-hybridized carbons (Fsp3) is 0. The van der Waals surface area contributed by atoms with Gasteiger partial charge in [-0.3, -0.25) is 9.78 Å². The van der Waals surface area contributed by atoms with Crippen molar-refractivity contribution in [3.8, 4) is 21.9 Å². The Balaban J connectivity index is 1.95. The molecule has 3 rings (SSSR count). The van der Waals surface area contributed by atoms with Crippen molar-refractivity contribution in [3.63, 3.8) is 0 Å². The molecule has 0 saturated heterocycles. The summed E-state index contributed by atoms with van der Waals surface area (Å²) in [6, 6.07) is 7.45. The molecule has 0 N–H and O–H groups in total. The van der Waals surface area contributed by atoms with Gasteiger partial charge in [0.15, 0.2) is 11.3 Å². The third kappa shape index (κ3) is 2.95. The van der Waals surface area contributed by atoms with Crippen molar-refractivity contribution in [3.05, 3.63) is 59.7 Å². The number of aromatic nitrogens is 2. The third-order valence-corrected chi connectivity index (χ3v) is 3.67. The van der Waals surface area contributed by atoms with Crippen LogP contribution in [-0.4, -0.2) is 16.3 Å². The van der Waals surface area contributed by atoms with Crippen LogP contribution in [-0.2, 0) is 0 Å². The summed E-state index contributed by atoms with van der Waals surface area (Å²) >= 11 is 1.25. The largest absolute Gasteiger partial charge is 0.457 e. The summed E-state index contributed by atoms with van der Waals surface area (Å²) in [7, 11) is 0. The molecular weight excluding hydrogens is 291 g/mol. The number of aldehydes is 1. The maximum Gasteiger partial charge on any atom is 0.178 e. The highest BCUT2D eigenvalue weighted by atomic mass is 32.1. The van der Waals surface area contributed by atoms with Crippen LogP contribution >= 0.6 is 11.3 Å². The summed E-state index contributed by atoms with van der Waals surface area (Å²) in [6.07, 6.45) is 5.54. The van der Waals surface area contributed by atoms with Gasteiger partial charge in [0.1, 0.15) is 17.3 Å². The molecule has 0 fully saturated rings. The number of rotatable bonds is 4.